The van der Waals surface area contributed by atoms with Gasteiger partial charge in [-0.15, -0.1) is 0 Å². The first-order valence-corrected chi connectivity index (χ1v) is 9.74. The van der Waals surface area contributed by atoms with Crippen molar-refractivity contribution in [3.63, 3.8) is 0 Å². The Bertz CT molecular complexity index is 675. The molecule has 0 radical (unpaired) electrons. The summed E-state index contributed by atoms with van der Waals surface area (Å²) in [5.41, 5.74) is 2.12. The summed E-state index contributed by atoms with van der Waals surface area (Å²) in [6.07, 6.45) is 0.292. The Labute approximate surface area is 168 Å². The van der Waals surface area contributed by atoms with Crippen molar-refractivity contribution >= 4 is 0 Å². The zero-order chi connectivity index (χ0) is 20.2. The van der Waals surface area contributed by atoms with Gasteiger partial charge in [0.15, 0.2) is 0 Å². The number of benzene rings is 2. The van der Waals surface area contributed by atoms with Gasteiger partial charge in [0.1, 0.15) is 18.5 Å². The zero-order valence-electron chi connectivity index (χ0n) is 17.2. The molecule has 0 aliphatic rings. The number of para-hydroxylation sites is 1. The second kappa shape index (κ2) is 11.8. The lowest BCUT2D eigenvalue weighted by atomic mass is 9.95. The van der Waals surface area contributed by atoms with Crippen molar-refractivity contribution in [3.05, 3.63) is 65.7 Å². The van der Waals surface area contributed by atoms with Crippen LogP contribution in [-0.2, 0) is 22.5 Å². The molecule has 0 saturated heterocycles. The van der Waals surface area contributed by atoms with E-state index in [0.29, 0.717) is 26.4 Å². The second-order valence-electron chi connectivity index (χ2n) is 7.55. The first kappa shape index (κ1) is 22.4. The van der Waals surface area contributed by atoms with Gasteiger partial charge in [-0.1, -0.05) is 48.5 Å². The van der Waals surface area contributed by atoms with Crippen molar-refractivity contribution in [2.75, 3.05) is 33.5 Å². The number of aliphatic hydroxyl groups excluding tert-OH is 1. The maximum absolute atomic E-state index is 10.3. The van der Waals surface area contributed by atoms with Gasteiger partial charge in [-0.05, 0) is 31.9 Å². The zero-order valence-corrected chi connectivity index (χ0v) is 17.2. The average Bonchev–Trinajstić information content (AvgIpc) is 2.69. The maximum atomic E-state index is 10.3. The van der Waals surface area contributed by atoms with E-state index in [1.165, 1.54) is 5.56 Å². The molecule has 0 heterocycles. The minimum Gasteiger partial charge on any atom is -0.490 e. The molecule has 0 fully saturated rings. The van der Waals surface area contributed by atoms with Crippen molar-refractivity contribution < 1.29 is 19.3 Å². The summed E-state index contributed by atoms with van der Waals surface area (Å²) in [5.74, 6) is 0.738. The Hall–Kier alpha value is -1.92. The van der Waals surface area contributed by atoms with Gasteiger partial charge in [0.25, 0.3) is 0 Å². The normalized spacial score (nSPS) is 12.7. The second-order valence-corrected chi connectivity index (χ2v) is 7.55. The topological polar surface area (TPSA) is 60.0 Å². The number of β-amino-alcohol motifs (C(OH)–C–C–N with tert-alkyl or cyclic N) is 1. The molecule has 1 unspecified atom stereocenters. The van der Waals surface area contributed by atoms with Gasteiger partial charge >= 0.3 is 0 Å². The van der Waals surface area contributed by atoms with Crippen molar-refractivity contribution in [3.8, 4) is 5.75 Å². The van der Waals surface area contributed by atoms with E-state index in [0.717, 1.165) is 17.7 Å². The third-order valence-electron chi connectivity index (χ3n) is 4.40. The first-order chi connectivity index (χ1) is 13.5. The molecule has 2 aromatic carbocycles. The molecule has 2 N–H and O–H groups in total. The maximum Gasteiger partial charge on any atom is 0.124 e. The van der Waals surface area contributed by atoms with E-state index < -0.39 is 6.10 Å². The fourth-order valence-corrected chi connectivity index (χ4v) is 2.90. The van der Waals surface area contributed by atoms with Crippen LogP contribution >= 0.6 is 0 Å². The average molecular weight is 388 g/mol. The minimum atomic E-state index is -0.600. The lowest BCUT2D eigenvalue weighted by molar-refractivity contribution is 0.0588. The van der Waals surface area contributed by atoms with Gasteiger partial charge in [-0.25, -0.2) is 0 Å². The molecule has 0 aromatic heterocycles. The molecule has 5 nitrogen and oxygen atoms in total. The van der Waals surface area contributed by atoms with Crippen LogP contribution in [0.1, 0.15) is 25.0 Å². The fourth-order valence-electron chi connectivity index (χ4n) is 2.90. The van der Waals surface area contributed by atoms with Crippen LogP contribution in [0.3, 0.4) is 0 Å². The Kier molecular flexibility index (Phi) is 9.44. The Balaban J connectivity index is 1.76. The van der Waals surface area contributed by atoms with Gasteiger partial charge in [0.05, 0.1) is 19.8 Å². The molecular weight excluding hydrogens is 354 g/mol. The number of aliphatic hydroxyl groups is 1. The number of ether oxygens (including phenoxy) is 3. The molecule has 0 spiro atoms. The highest BCUT2D eigenvalue weighted by atomic mass is 16.5. The quantitative estimate of drug-likeness (QED) is 0.517. The smallest absolute Gasteiger partial charge is 0.124 e. The highest BCUT2D eigenvalue weighted by Gasteiger charge is 2.19. The molecule has 0 saturated carbocycles. The lowest BCUT2D eigenvalue weighted by Gasteiger charge is -2.28. The number of nitrogens with one attached hydrogen (secondary N) is 1. The van der Waals surface area contributed by atoms with Crippen LogP contribution < -0.4 is 10.1 Å². The monoisotopic (exact) mass is 387 g/mol. The van der Waals surface area contributed by atoms with Crippen molar-refractivity contribution in [1.29, 1.82) is 0 Å². The lowest BCUT2D eigenvalue weighted by Crippen LogP contribution is -2.46. The highest BCUT2D eigenvalue weighted by molar-refractivity contribution is 5.32. The largest absolute Gasteiger partial charge is 0.490 e. The molecule has 0 aliphatic heterocycles. The van der Waals surface area contributed by atoms with Crippen LogP contribution in [0.2, 0.25) is 0 Å². The fraction of sp³-hybridized carbons (Fsp3) is 0.478. The Morgan fingerprint density at radius 3 is 2.46 bits per heavy atom. The van der Waals surface area contributed by atoms with Crippen molar-refractivity contribution in [2.45, 2.75) is 38.5 Å². The summed E-state index contributed by atoms with van der Waals surface area (Å²) in [6, 6.07) is 18.1. The van der Waals surface area contributed by atoms with E-state index >= 15 is 0 Å². The highest BCUT2D eigenvalue weighted by Crippen LogP contribution is 2.19. The number of hydrogen-bond donors (Lipinski definition) is 2. The number of rotatable bonds is 13. The molecule has 5 heteroatoms. The summed E-state index contributed by atoms with van der Waals surface area (Å²) in [7, 11) is 1.65. The van der Waals surface area contributed by atoms with E-state index in [1.54, 1.807) is 7.11 Å². The summed E-state index contributed by atoms with van der Waals surface area (Å²) in [5, 5.41) is 13.8. The third-order valence-corrected chi connectivity index (χ3v) is 4.40. The van der Waals surface area contributed by atoms with Crippen LogP contribution in [0.5, 0.6) is 5.75 Å². The molecule has 2 rings (SSSR count). The molecular formula is C23H33NO4. The summed E-state index contributed by atoms with van der Waals surface area (Å²) in [6.45, 7) is 6.52. The molecule has 2 aromatic rings. The van der Waals surface area contributed by atoms with Crippen LogP contribution in [0, 0.1) is 0 Å². The summed E-state index contributed by atoms with van der Waals surface area (Å²) in [4.78, 5) is 0. The first-order valence-electron chi connectivity index (χ1n) is 9.74. The van der Waals surface area contributed by atoms with Crippen LogP contribution in [0.25, 0.3) is 0 Å². The molecule has 1 atom stereocenters. The van der Waals surface area contributed by atoms with Gasteiger partial charge in [0.2, 0.25) is 0 Å². The van der Waals surface area contributed by atoms with Crippen LogP contribution in [0.15, 0.2) is 54.6 Å². The van der Waals surface area contributed by atoms with E-state index in [4.69, 9.17) is 14.2 Å². The SMILES string of the molecule is COCCOCc1ccccc1OCC(O)CNC(C)(C)Cc1ccccc1. The predicted octanol–water partition coefficient (Wildman–Crippen LogP) is 3.20. The molecule has 0 amide bonds. The van der Waals surface area contributed by atoms with Crippen molar-refractivity contribution in [1.82, 2.24) is 5.32 Å². The van der Waals surface area contributed by atoms with Crippen molar-refractivity contribution in [2.24, 2.45) is 0 Å². The molecule has 28 heavy (non-hydrogen) atoms. The molecule has 0 aliphatic carbocycles. The molecule has 154 valence electrons. The summed E-state index contributed by atoms with van der Waals surface area (Å²) >= 11 is 0. The van der Waals surface area contributed by atoms with Gasteiger partial charge in [-0.2, -0.15) is 0 Å². The summed E-state index contributed by atoms with van der Waals surface area (Å²) < 4.78 is 16.4. The predicted molar refractivity (Wildman–Crippen MR) is 112 cm³/mol. The standard InChI is InChI=1S/C23H33NO4/c1-23(2,15-19-9-5-4-6-10-19)24-16-21(25)18-28-22-12-8-7-11-20(22)17-27-14-13-26-3/h4-12,21,24-25H,13-18H2,1-3H3. The van der Waals surface area contributed by atoms with E-state index in [2.05, 4.69) is 31.3 Å². The van der Waals surface area contributed by atoms with E-state index in [-0.39, 0.29) is 12.1 Å². The number of hydrogen-bond acceptors (Lipinski definition) is 5. The van der Waals surface area contributed by atoms with Crippen LogP contribution in [0.4, 0.5) is 0 Å². The van der Waals surface area contributed by atoms with Gasteiger partial charge < -0.3 is 24.6 Å². The Morgan fingerprint density at radius 2 is 1.71 bits per heavy atom. The van der Waals surface area contributed by atoms with Gasteiger partial charge in [0, 0.05) is 24.8 Å². The van der Waals surface area contributed by atoms with E-state index in [9.17, 15) is 5.11 Å². The minimum absolute atomic E-state index is 0.116. The van der Waals surface area contributed by atoms with Crippen LogP contribution in [-0.4, -0.2) is 50.2 Å². The van der Waals surface area contributed by atoms with Gasteiger partial charge in [-0.3, -0.25) is 0 Å². The third kappa shape index (κ3) is 8.40. The number of methoxy groups -OCH3 is 1. The molecule has 0 bridgehead atoms. The van der Waals surface area contributed by atoms with E-state index in [1.807, 2.05) is 42.5 Å². The Morgan fingerprint density at radius 1 is 1.00 bits per heavy atom.